The number of ether oxygens (including phenoxy) is 3. The Morgan fingerprint density at radius 2 is 1.68 bits per heavy atom. The van der Waals surface area contributed by atoms with Gasteiger partial charge in [-0.1, -0.05) is 46.4 Å². The second kappa shape index (κ2) is 14.9. The molecule has 0 bridgehead atoms. The third kappa shape index (κ3) is 9.44. The molecule has 0 aliphatic heterocycles. The maximum absolute atomic E-state index is 12.7. The van der Waals surface area contributed by atoms with Crippen molar-refractivity contribution in [2.24, 2.45) is 0 Å². The molecule has 0 radical (unpaired) electrons. The molecule has 0 saturated heterocycles. The monoisotopic (exact) mass is 601 g/mol. The third-order valence-electron chi connectivity index (χ3n) is 5.19. The number of hydrogen-bond acceptors (Lipinski definition) is 7. The molecule has 3 rings (SSSR count). The second-order valence-electron chi connectivity index (χ2n) is 7.95. The zero-order chi connectivity index (χ0) is 27.5. The Morgan fingerprint density at radius 1 is 1.00 bits per heavy atom. The highest BCUT2D eigenvalue weighted by Gasteiger charge is 2.24. The van der Waals surface area contributed by atoms with Gasteiger partial charge in [0, 0.05) is 35.5 Å². The minimum Gasteiger partial charge on any atom is -0.493 e. The molecule has 2 aromatic carbocycles. The van der Waals surface area contributed by atoms with Crippen molar-refractivity contribution in [2.45, 2.75) is 18.8 Å². The molecule has 38 heavy (non-hydrogen) atoms. The van der Waals surface area contributed by atoms with Gasteiger partial charge in [0.25, 0.3) is 0 Å². The van der Waals surface area contributed by atoms with Gasteiger partial charge in [-0.3, -0.25) is 14.9 Å². The van der Waals surface area contributed by atoms with Crippen LogP contribution in [0.1, 0.15) is 34.9 Å². The lowest BCUT2D eigenvalue weighted by molar-refractivity contribution is -0.483. The fourth-order valence-corrected chi connectivity index (χ4v) is 4.12. The Balaban J connectivity index is 1.44. The van der Waals surface area contributed by atoms with Crippen molar-refractivity contribution in [2.75, 3.05) is 26.4 Å². The second-order valence-corrected chi connectivity index (χ2v) is 9.77. The first-order valence-corrected chi connectivity index (χ1v) is 12.9. The molecule has 0 saturated carbocycles. The SMILES string of the molecule is O=C(CC(C[N+](=O)[O-])c1ccco1)c1ccc(OCCCOc2c(Cl)cc(OCC=C(Cl)Cl)cc2Cl)cc1. The van der Waals surface area contributed by atoms with Gasteiger partial charge < -0.3 is 18.6 Å². The summed E-state index contributed by atoms with van der Waals surface area (Å²) in [5, 5.41) is 11.6. The van der Waals surface area contributed by atoms with Crippen LogP contribution in [0.25, 0.3) is 0 Å². The van der Waals surface area contributed by atoms with Crippen molar-refractivity contribution < 1.29 is 28.3 Å². The number of halogens is 4. The number of carbonyl (C=O) groups is 1. The van der Waals surface area contributed by atoms with Crippen molar-refractivity contribution >= 4 is 52.2 Å². The Kier molecular flexibility index (Phi) is 11.6. The van der Waals surface area contributed by atoms with E-state index in [2.05, 4.69) is 0 Å². The van der Waals surface area contributed by atoms with Gasteiger partial charge in [0.15, 0.2) is 11.5 Å². The third-order valence-corrected chi connectivity index (χ3v) is 6.06. The molecule has 1 aromatic heterocycles. The highest BCUT2D eigenvalue weighted by molar-refractivity contribution is 6.55. The Labute approximate surface area is 239 Å². The number of nitro groups is 1. The molecule has 1 atom stereocenters. The molecule has 202 valence electrons. The molecule has 3 aromatic rings. The lowest BCUT2D eigenvalue weighted by atomic mass is 9.96. The van der Waals surface area contributed by atoms with E-state index in [9.17, 15) is 14.9 Å². The number of rotatable bonds is 15. The minimum absolute atomic E-state index is 0.0386. The van der Waals surface area contributed by atoms with E-state index in [0.29, 0.717) is 58.3 Å². The van der Waals surface area contributed by atoms with Crippen LogP contribution < -0.4 is 14.2 Å². The fourth-order valence-electron chi connectivity index (χ4n) is 3.42. The van der Waals surface area contributed by atoms with E-state index >= 15 is 0 Å². The van der Waals surface area contributed by atoms with Gasteiger partial charge in [0.05, 0.1) is 35.4 Å². The first-order valence-electron chi connectivity index (χ1n) is 11.4. The predicted octanol–water partition coefficient (Wildman–Crippen LogP) is 7.77. The number of nitrogens with zero attached hydrogens (tertiary/aromatic N) is 1. The van der Waals surface area contributed by atoms with Crippen molar-refractivity contribution in [3.05, 3.63) is 96.8 Å². The Bertz CT molecular complexity index is 1220. The van der Waals surface area contributed by atoms with Crippen LogP contribution in [-0.2, 0) is 0 Å². The summed E-state index contributed by atoms with van der Waals surface area (Å²) in [5.74, 6) is 0.892. The van der Waals surface area contributed by atoms with Crippen LogP contribution in [0, 0.1) is 10.1 Å². The quantitative estimate of drug-likeness (QED) is 0.0758. The van der Waals surface area contributed by atoms with Crippen LogP contribution in [-0.4, -0.2) is 37.1 Å². The van der Waals surface area contributed by atoms with Crippen LogP contribution in [0.3, 0.4) is 0 Å². The summed E-state index contributed by atoms with van der Waals surface area (Å²) in [6, 6.07) is 13.0. The van der Waals surface area contributed by atoms with Crippen LogP contribution in [0.2, 0.25) is 10.0 Å². The molecule has 0 aliphatic rings. The zero-order valence-corrected chi connectivity index (χ0v) is 22.9. The molecule has 0 spiro atoms. The first kappa shape index (κ1) is 29.6. The van der Waals surface area contributed by atoms with Crippen molar-refractivity contribution in [1.82, 2.24) is 0 Å². The summed E-state index contributed by atoms with van der Waals surface area (Å²) in [5.41, 5.74) is 0.430. The van der Waals surface area contributed by atoms with Crippen LogP contribution in [0.5, 0.6) is 17.2 Å². The molecular weight excluding hydrogens is 580 g/mol. The Hall–Kier alpha value is -2.91. The van der Waals surface area contributed by atoms with Gasteiger partial charge in [-0.2, -0.15) is 0 Å². The maximum atomic E-state index is 12.7. The predicted molar refractivity (Wildman–Crippen MR) is 146 cm³/mol. The molecule has 0 N–H and O–H groups in total. The van der Waals surface area contributed by atoms with Gasteiger partial charge in [-0.25, -0.2) is 0 Å². The van der Waals surface area contributed by atoms with Gasteiger partial charge in [-0.15, -0.1) is 0 Å². The van der Waals surface area contributed by atoms with Crippen LogP contribution in [0.4, 0.5) is 0 Å². The van der Waals surface area contributed by atoms with Crippen molar-refractivity contribution in [3.8, 4) is 17.2 Å². The largest absolute Gasteiger partial charge is 0.493 e. The zero-order valence-electron chi connectivity index (χ0n) is 19.9. The molecule has 8 nitrogen and oxygen atoms in total. The Morgan fingerprint density at radius 3 is 2.29 bits per heavy atom. The average molecular weight is 603 g/mol. The van der Waals surface area contributed by atoms with E-state index in [-0.39, 0.29) is 23.3 Å². The number of Topliss-reactive ketones (excluding diaryl/α,β-unsaturated/α-hetero) is 1. The number of carbonyl (C=O) groups excluding carboxylic acids is 1. The molecular formula is C26H23Cl4NO7. The van der Waals surface area contributed by atoms with Crippen LogP contribution in [0.15, 0.2) is 69.8 Å². The molecule has 0 fully saturated rings. The van der Waals surface area contributed by atoms with E-state index < -0.39 is 17.4 Å². The molecule has 0 aliphatic carbocycles. The number of furan rings is 1. The van der Waals surface area contributed by atoms with Crippen molar-refractivity contribution in [3.63, 3.8) is 0 Å². The normalized spacial score (nSPS) is 11.5. The summed E-state index contributed by atoms with van der Waals surface area (Å²) >= 11 is 23.6. The van der Waals surface area contributed by atoms with Gasteiger partial charge in [-0.05, 0) is 42.5 Å². The fraction of sp³-hybridized carbons (Fsp3) is 0.269. The summed E-state index contributed by atoms with van der Waals surface area (Å²) in [4.78, 5) is 23.2. The minimum atomic E-state index is -0.638. The topological polar surface area (TPSA) is 101 Å². The van der Waals surface area contributed by atoms with E-state index in [0.717, 1.165) is 0 Å². The first-order chi connectivity index (χ1) is 18.2. The van der Waals surface area contributed by atoms with Gasteiger partial charge in [0.1, 0.15) is 28.4 Å². The molecule has 12 heteroatoms. The number of benzene rings is 2. The van der Waals surface area contributed by atoms with E-state index in [4.69, 9.17) is 65.0 Å². The highest BCUT2D eigenvalue weighted by Crippen LogP contribution is 2.37. The lowest BCUT2D eigenvalue weighted by Gasteiger charge is -2.13. The standard InChI is InChI=1S/C26H23Cl4NO7/c27-21-14-20(36-12-8-25(29)30)15-22(28)26(21)38-11-2-10-35-19-6-4-17(5-7-19)23(32)13-18(16-31(33)34)24-3-1-9-37-24/h1,3-9,14-15,18H,2,10-13,16H2. The summed E-state index contributed by atoms with van der Waals surface area (Å²) in [7, 11) is 0. The molecule has 0 amide bonds. The van der Waals surface area contributed by atoms with E-state index in [1.807, 2.05) is 0 Å². The lowest BCUT2D eigenvalue weighted by Crippen LogP contribution is -2.16. The summed E-state index contributed by atoms with van der Waals surface area (Å²) < 4.78 is 22.2. The van der Waals surface area contributed by atoms with E-state index in [1.54, 1.807) is 48.5 Å². The van der Waals surface area contributed by atoms with Gasteiger partial charge >= 0.3 is 0 Å². The summed E-state index contributed by atoms with van der Waals surface area (Å²) in [6.45, 7) is 0.414. The van der Waals surface area contributed by atoms with E-state index in [1.165, 1.54) is 12.3 Å². The summed E-state index contributed by atoms with van der Waals surface area (Å²) in [6.07, 6.45) is 3.41. The number of hydrogen-bond donors (Lipinski definition) is 0. The molecule has 1 heterocycles. The maximum Gasteiger partial charge on any atom is 0.214 e. The van der Waals surface area contributed by atoms with Crippen molar-refractivity contribution in [1.29, 1.82) is 0 Å². The molecule has 1 unspecified atom stereocenters. The van der Waals surface area contributed by atoms with Crippen LogP contribution >= 0.6 is 46.4 Å². The average Bonchev–Trinajstić information content (AvgIpc) is 3.40. The number of ketones is 1. The smallest absolute Gasteiger partial charge is 0.214 e. The highest BCUT2D eigenvalue weighted by atomic mass is 35.5. The van der Waals surface area contributed by atoms with Gasteiger partial charge in [0.2, 0.25) is 6.54 Å².